The summed E-state index contributed by atoms with van der Waals surface area (Å²) in [5, 5.41) is 2.90. The summed E-state index contributed by atoms with van der Waals surface area (Å²) in [5.41, 5.74) is 0.840. The molecule has 0 unspecified atom stereocenters. The van der Waals surface area contributed by atoms with Crippen LogP contribution in [0.2, 0.25) is 0 Å². The van der Waals surface area contributed by atoms with Gasteiger partial charge in [-0.3, -0.25) is 14.5 Å². The third kappa shape index (κ3) is 4.07. The lowest BCUT2D eigenvalue weighted by atomic mass is 10.2. The van der Waals surface area contributed by atoms with E-state index in [0.29, 0.717) is 18.2 Å². The predicted octanol–water partition coefficient (Wildman–Crippen LogP) is 1.57. The SMILES string of the molecule is O=C(CCN1CCN(C(=O)C2CC2)CC1)Nc1ccccc1. The molecule has 2 amide bonds. The van der Waals surface area contributed by atoms with E-state index >= 15 is 0 Å². The number of amides is 2. The van der Waals surface area contributed by atoms with Crippen molar-refractivity contribution in [1.82, 2.24) is 9.80 Å². The number of nitrogens with one attached hydrogen (secondary N) is 1. The fraction of sp³-hybridized carbons (Fsp3) is 0.529. The quantitative estimate of drug-likeness (QED) is 0.898. The second-order valence-electron chi connectivity index (χ2n) is 6.11. The Morgan fingerprint density at radius 1 is 1.05 bits per heavy atom. The summed E-state index contributed by atoms with van der Waals surface area (Å²) in [5.74, 6) is 0.687. The first-order valence-corrected chi connectivity index (χ1v) is 8.08. The number of hydrogen-bond acceptors (Lipinski definition) is 3. The zero-order valence-electron chi connectivity index (χ0n) is 12.8. The molecule has 1 N–H and O–H groups in total. The monoisotopic (exact) mass is 301 g/mol. The third-order valence-electron chi connectivity index (χ3n) is 4.32. The molecular formula is C17H23N3O2. The molecule has 22 heavy (non-hydrogen) atoms. The largest absolute Gasteiger partial charge is 0.340 e. The molecule has 1 aliphatic heterocycles. The van der Waals surface area contributed by atoms with Gasteiger partial charge in [-0.2, -0.15) is 0 Å². The number of carbonyl (C=O) groups excluding carboxylic acids is 2. The van der Waals surface area contributed by atoms with Gasteiger partial charge >= 0.3 is 0 Å². The average Bonchev–Trinajstić information content (AvgIpc) is 3.39. The molecule has 5 nitrogen and oxygen atoms in total. The van der Waals surface area contributed by atoms with Crippen LogP contribution in [0.3, 0.4) is 0 Å². The molecule has 2 fully saturated rings. The van der Waals surface area contributed by atoms with E-state index in [9.17, 15) is 9.59 Å². The molecule has 0 atom stereocenters. The first-order chi connectivity index (χ1) is 10.7. The van der Waals surface area contributed by atoms with Crippen LogP contribution in [-0.4, -0.2) is 54.3 Å². The summed E-state index contributed by atoms with van der Waals surface area (Å²) < 4.78 is 0. The maximum absolute atomic E-state index is 12.0. The Labute approximate surface area is 131 Å². The Balaban J connectivity index is 1.36. The van der Waals surface area contributed by atoms with Crippen molar-refractivity contribution in [2.45, 2.75) is 19.3 Å². The number of para-hydroxylation sites is 1. The number of piperazine rings is 1. The lowest BCUT2D eigenvalue weighted by Gasteiger charge is -2.34. The molecule has 1 heterocycles. The van der Waals surface area contributed by atoms with E-state index in [1.807, 2.05) is 35.2 Å². The molecule has 1 saturated heterocycles. The molecule has 1 aromatic rings. The second kappa shape index (κ2) is 6.92. The van der Waals surface area contributed by atoms with Gasteiger partial charge in [-0.05, 0) is 25.0 Å². The normalized spacial score (nSPS) is 19.0. The van der Waals surface area contributed by atoms with Gasteiger partial charge in [-0.25, -0.2) is 0 Å². The Bertz CT molecular complexity index is 520. The highest BCUT2D eigenvalue weighted by Crippen LogP contribution is 2.31. The molecule has 1 saturated carbocycles. The van der Waals surface area contributed by atoms with Gasteiger partial charge in [0.1, 0.15) is 0 Å². The number of anilines is 1. The number of benzene rings is 1. The molecule has 0 aromatic heterocycles. The van der Waals surface area contributed by atoms with Crippen LogP contribution >= 0.6 is 0 Å². The van der Waals surface area contributed by atoms with Crippen LogP contribution in [-0.2, 0) is 9.59 Å². The second-order valence-corrected chi connectivity index (χ2v) is 6.11. The van der Waals surface area contributed by atoms with Crippen molar-refractivity contribution >= 4 is 17.5 Å². The zero-order chi connectivity index (χ0) is 15.4. The molecule has 118 valence electrons. The van der Waals surface area contributed by atoms with Gasteiger partial charge in [0.2, 0.25) is 11.8 Å². The molecule has 1 aromatic carbocycles. The van der Waals surface area contributed by atoms with E-state index in [4.69, 9.17) is 0 Å². The summed E-state index contributed by atoms with van der Waals surface area (Å²) in [7, 11) is 0. The van der Waals surface area contributed by atoms with Crippen LogP contribution < -0.4 is 5.32 Å². The minimum atomic E-state index is 0.0442. The average molecular weight is 301 g/mol. The number of hydrogen-bond donors (Lipinski definition) is 1. The minimum Gasteiger partial charge on any atom is -0.340 e. The molecule has 1 aliphatic carbocycles. The minimum absolute atomic E-state index is 0.0442. The fourth-order valence-electron chi connectivity index (χ4n) is 2.78. The van der Waals surface area contributed by atoms with Crippen molar-refractivity contribution in [3.05, 3.63) is 30.3 Å². The molecule has 3 rings (SSSR count). The maximum Gasteiger partial charge on any atom is 0.225 e. The molecule has 5 heteroatoms. The zero-order valence-corrected chi connectivity index (χ0v) is 12.8. The predicted molar refractivity (Wildman–Crippen MR) is 85.4 cm³/mol. The van der Waals surface area contributed by atoms with Crippen LogP contribution in [0.1, 0.15) is 19.3 Å². The Kier molecular flexibility index (Phi) is 4.73. The summed E-state index contributed by atoms with van der Waals surface area (Å²) in [6.07, 6.45) is 2.63. The number of nitrogens with zero attached hydrogens (tertiary/aromatic N) is 2. The van der Waals surface area contributed by atoms with Crippen LogP contribution in [0.5, 0.6) is 0 Å². The van der Waals surface area contributed by atoms with Crippen LogP contribution in [0.4, 0.5) is 5.69 Å². The Hall–Kier alpha value is -1.88. The van der Waals surface area contributed by atoms with Gasteiger partial charge in [0.15, 0.2) is 0 Å². The summed E-state index contributed by atoms with van der Waals surface area (Å²) >= 11 is 0. The van der Waals surface area contributed by atoms with Gasteiger partial charge in [-0.1, -0.05) is 18.2 Å². The first-order valence-electron chi connectivity index (χ1n) is 8.08. The topological polar surface area (TPSA) is 52.7 Å². The van der Waals surface area contributed by atoms with Crippen LogP contribution in [0.25, 0.3) is 0 Å². The van der Waals surface area contributed by atoms with Crippen LogP contribution in [0, 0.1) is 5.92 Å². The third-order valence-corrected chi connectivity index (χ3v) is 4.32. The number of rotatable bonds is 5. The van der Waals surface area contributed by atoms with Gasteiger partial charge < -0.3 is 10.2 Å². The van der Waals surface area contributed by atoms with E-state index in [2.05, 4.69) is 10.2 Å². The Morgan fingerprint density at radius 2 is 1.73 bits per heavy atom. The highest BCUT2D eigenvalue weighted by Gasteiger charge is 2.34. The lowest BCUT2D eigenvalue weighted by Crippen LogP contribution is -2.49. The van der Waals surface area contributed by atoms with E-state index in [1.165, 1.54) is 0 Å². The highest BCUT2D eigenvalue weighted by molar-refractivity contribution is 5.90. The molecular weight excluding hydrogens is 278 g/mol. The molecule has 0 spiro atoms. The van der Waals surface area contributed by atoms with Gasteiger partial charge in [-0.15, -0.1) is 0 Å². The number of carbonyl (C=O) groups is 2. The smallest absolute Gasteiger partial charge is 0.225 e. The molecule has 0 bridgehead atoms. The van der Waals surface area contributed by atoms with E-state index in [-0.39, 0.29) is 5.91 Å². The summed E-state index contributed by atoms with van der Waals surface area (Å²) in [6, 6.07) is 9.52. The standard InChI is InChI=1S/C17H23N3O2/c21-16(18-15-4-2-1-3-5-15)8-9-19-10-12-20(13-11-19)17(22)14-6-7-14/h1-5,14H,6-13H2,(H,18,21). The Morgan fingerprint density at radius 3 is 2.36 bits per heavy atom. The van der Waals surface area contributed by atoms with Crippen molar-refractivity contribution in [1.29, 1.82) is 0 Å². The van der Waals surface area contributed by atoms with Gasteiger partial charge in [0, 0.05) is 50.7 Å². The lowest BCUT2D eigenvalue weighted by molar-refractivity contribution is -0.134. The van der Waals surface area contributed by atoms with E-state index in [1.54, 1.807) is 0 Å². The molecule has 0 radical (unpaired) electrons. The van der Waals surface area contributed by atoms with E-state index in [0.717, 1.165) is 51.3 Å². The van der Waals surface area contributed by atoms with Crippen molar-refractivity contribution in [2.24, 2.45) is 5.92 Å². The summed E-state index contributed by atoms with van der Waals surface area (Å²) in [4.78, 5) is 28.2. The maximum atomic E-state index is 12.0. The van der Waals surface area contributed by atoms with Gasteiger partial charge in [0.25, 0.3) is 0 Å². The fourth-order valence-corrected chi connectivity index (χ4v) is 2.78. The van der Waals surface area contributed by atoms with Crippen molar-refractivity contribution < 1.29 is 9.59 Å². The molecule has 2 aliphatic rings. The van der Waals surface area contributed by atoms with Crippen molar-refractivity contribution in [3.8, 4) is 0 Å². The van der Waals surface area contributed by atoms with E-state index < -0.39 is 0 Å². The first kappa shape index (κ1) is 15.0. The highest BCUT2D eigenvalue weighted by atomic mass is 16.2. The van der Waals surface area contributed by atoms with Crippen molar-refractivity contribution in [3.63, 3.8) is 0 Å². The van der Waals surface area contributed by atoms with Gasteiger partial charge in [0.05, 0.1) is 0 Å². The van der Waals surface area contributed by atoms with Crippen LogP contribution in [0.15, 0.2) is 30.3 Å². The van der Waals surface area contributed by atoms with Crippen molar-refractivity contribution in [2.75, 3.05) is 38.0 Å². The summed E-state index contributed by atoms with van der Waals surface area (Å²) in [6.45, 7) is 4.10.